The molecule has 0 saturated carbocycles. The predicted octanol–water partition coefficient (Wildman–Crippen LogP) is 0.632. The number of nitrogens with one attached hydrogen (secondary N) is 1. The Morgan fingerprint density at radius 1 is 1.41 bits per heavy atom. The van der Waals surface area contributed by atoms with Gasteiger partial charge in [0.25, 0.3) is 0 Å². The highest BCUT2D eigenvalue weighted by Gasteiger charge is 2.48. The highest BCUT2D eigenvalue weighted by atomic mass is 32.2. The third-order valence-electron chi connectivity index (χ3n) is 3.48. The van der Waals surface area contributed by atoms with Gasteiger partial charge in [-0.05, 0) is 25.5 Å². The van der Waals surface area contributed by atoms with Gasteiger partial charge in [-0.15, -0.1) is 11.8 Å². The fourth-order valence-corrected chi connectivity index (χ4v) is 3.40. The summed E-state index contributed by atoms with van der Waals surface area (Å²) in [4.78, 5) is 23.5. The highest BCUT2D eigenvalue weighted by Crippen LogP contribution is 2.38. The fraction of sp³-hybridized carbons (Fsp3) is 0.818. The number of thioether (sulfide) groups is 1. The van der Waals surface area contributed by atoms with Gasteiger partial charge < -0.3 is 15.2 Å². The Bertz CT molecular complexity index is 332. The first-order chi connectivity index (χ1) is 7.99. The first-order valence-electron chi connectivity index (χ1n) is 5.76. The average Bonchev–Trinajstić information content (AvgIpc) is 2.88. The van der Waals surface area contributed by atoms with E-state index in [1.807, 2.05) is 6.92 Å². The molecule has 0 bridgehead atoms. The Morgan fingerprint density at radius 3 is 2.65 bits per heavy atom. The second-order valence-corrected chi connectivity index (χ2v) is 6.42. The molecule has 96 valence electrons. The second-order valence-electron chi connectivity index (χ2n) is 4.83. The molecule has 1 amide bonds. The highest BCUT2D eigenvalue weighted by molar-refractivity contribution is 8.01. The van der Waals surface area contributed by atoms with Crippen LogP contribution in [0.15, 0.2) is 0 Å². The fourth-order valence-electron chi connectivity index (χ4n) is 2.19. The molecule has 2 atom stereocenters. The Balaban J connectivity index is 2.08. The third kappa shape index (κ3) is 2.28. The topological polar surface area (TPSA) is 75.6 Å². The minimum Gasteiger partial charge on any atom is -0.479 e. The minimum atomic E-state index is -1.22. The van der Waals surface area contributed by atoms with Crippen molar-refractivity contribution >= 4 is 23.6 Å². The van der Waals surface area contributed by atoms with Crippen LogP contribution in [0, 0.1) is 0 Å². The average molecular weight is 259 g/mol. The maximum Gasteiger partial charge on any atom is 0.331 e. The van der Waals surface area contributed by atoms with Crippen LogP contribution in [0.3, 0.4) is 0 Å². The van der Waals surface area contributed by atoms with Crippen LogP contribution in [0.5, 0.6) is 0 Å². The van der Waals surface area contributed by atoms with Crippen molar-refractivity contribution in [3.05, 3.63) is 0 Å². The number of hydrogen-bond acceptors (Lipinski definition) is 4. The lowest BCUT2D eigenvalue weighted by Gasteiger charge is -2.29. The van der Waals surface area contributed by atoms with Crippen molar-refractivity contribution in [1.29, 1.82) is 0 Å². The molecule has 2 aliphatic heterocycles. The quantitative estimate of drug-likeness (QED) is 0.777. The molecule has 0 spiro atoms. The Labute approximate surface area is 104 Å². The van der Waals surface area contributed by atoms with Gasteiger partial charge in [-0.3, -0.25) is 4.79 Å². The minimum absolute atomic E-state index is 0.0643. The first-order valence-corrected chi connectivity index (χ1v) is 6.75. The lowest BCUT2D eigenvalue weighted by atomic mass is 9.96. The molecule has 17 heavy (non-hydrogen) atoms. The Morgan fingerprint density at radius 2 is 2.18 bits per heavy atom. The van der Waals surface area contributed by atoms with Crippen LogP contribution in [0.1, 0.15) is 26.2 Å². The second kappa shape index (κ2) is 4.49. The number of aliphatic carboxylic acids is 1. The molecule has 2 rings (SSSR count). The molecule has 0 aromatic carbocycles. The van der Waals surface area contributed by atoms with Crippen LogP contribution in [-0.2, 0) is 14.3 Å². The van der Waals surface area contributed by atoms with Crippen LogP contribution in [-0.4, -0.2) is 46.2 Å². The molecule has 0 aliphatic carbocycles. The van der Waals surface area contributed by atoms with Crippen molar-refractivity contribution in [2.45, 2.75) is 36.5 Å². The van der Waals surface area contributed by atoms with Gasteiger partial charge in [-0.2, -0.15) is 0 Å². The number of amides is 1. The molecule has 6 heteroatoms. The van der Waals surface area contributed by atoms with E-state index in [4.69, 9.17) is 4.74 Å². The summed E-state index contributed by atoms with van der Waals surface area (Å²) in [6.07, 6.45) is 2.15. The predicted molar refractivity (Wildman–Crippen MR) is 64.0 cm³/mol. The monoisotopic (exact) mass is 259 g/mol. The zero-order valence-corrected chi connectivity index (χ0v) is 10.6. The van der Waals surface area contributed by atoms with E-state index in [0.29, 0.717) is 13.0 Å². The van der Waals surface area contributed by atoms with Gasteiger partial charge >= 0.3 is 5.97 Å². The van der Waals surface area contributed by atoms with E-state index in [2.05, 4.69) is 5.32 Å². The van der Waals surface area contributed by atoms with Crippen molar-refractivity contribution in [2.24, 2.45) is 0 Å². The number of ether oxygens (including phenoxy) is 1. The maximum absolute atomic E-state index is 12.2. The number of carboxylic acids is 1. The van der Waals surface area contributed by atoms with E-state index in [1.165, 1.54) is 0 Å². The first kappa shape index (κ1) is 12.7. The summed E-state index contributed by atoms with van der Waals surface area (Å²) >= 11 is 1.60. The van der Waals surface area contributed by atoms with Crippen LogP contribution in [0.2, 0.25) is 0 Å². The van der Waals surface area contributed by atoms with Crippen molar-refractivity contribution in [3.63, 3.8) is 0 Å². The molecular formula is C11H17NO4S. The number of rotatable bonds is 3. The molecule has 2 saturated heterocycles. The Kier molecular flexibility index (Phi) is 3.36. The molecule has 2 fully saturated rings. The largest absolute Gasteiger partial charge is 0.479 e. The summed E-state index contributed by atoms with van der Waals surface area (Å²) < 4.78 is 4.63. The number of hydrogen-bond donors (Lipinski definition) is 2. The zero-order chi connectivity index (χ0) is 12.5. The van der Waals surface area contributed by atoms with Gasteiger partial charge in [0.15, 0.2) is 5.54 Å². The molecule has 5 nitrogen and oxygen atoms in total. The molecule has 0 aromatic heterocycles. The number of carbonyl (C=O) groups excluding carboxylic acids is 1. The maximum atomic E-state index is 12.2. The molecule has 2 unspecified atom stereocenters. The van der Waals surface area contributed by atoms with E-state index in [-0.39, 0.29) is 12.5 Å². The molecular weight excluding hydrogens is 242 g/mol. The van der Waals surface area contributed by atoms with E-state index in [0.717, 1.165) is 18.6 Å². The molecule has 0 aromatic rings. The van der Waals surface area contributed by atoms with Crippen LogP contribution >= 0.6 is 11.8 Å². The standard InChI is InChI=1S/C11H17NO4S/c1-10(3-2-6-17-10)8(13)12-11(9(14)15)4-5-16-7-11/h2-7H2,1H3,(H,12,13)(H,14,15). The summed E-state index contributed by atoms with van der Waals surface area (Å²) in [6.45, 7) is 2.33. The van der Waals surface area contributed by atoms with E-state index >= 15 is 0 Å². The summed E-state index contributed by atoms with van der Waals surface area (Å²) in [5.41, 5.74) is -1.22. The van der Waals surface area contributed by atoms with E-state index in [1.54, 1.807) is 11.8 Å². The van der Waals surface area contributed by atoms with Gasteiger partial charge in [0.2, 0.25) is 5.91 Å². The van der Waals surface area contributed by atoms with Gasteiger partial charge in [-0.25, -0.2) is 4.79 Å². The summed E-state index contributed by atoms with van der Waals surface area (Å²) in [6, 6.07) is 0. The third-order valence-corrected chi connectivity index (χ3v) is 5.00. The van der Waals surface area contributed by atoms with Crippen LogP contribution in [0.4, 0.5) is 0 Å². The normalized spacial score (nSPS) is 37.0. The van der Waals surface area contributed by atoms with E-state index < -0.39 is 16.3 Å². The van der Waals surface area contributed by atoms with Crippen molar-refractivity contribution in [3.8, 4) is 0 Å². The molecule has 2 heterocycles. The lowest BCUT2D eigenvalue weighted by molar-refractivity contribution is -0.148. The smallest absolute Gasteiger partial charge is 0.331 e. The van der Waals surface area contributed by atoms with E-state index in [9.17, 15) is 14.7 Å². The van der Waals surface area contributed by atoms with Gasteiger partial charge in [0.05, 0.1) is 11.4 Å². The van der Waals surface area contributed by atoms with Gasteiger partial charge in [-0.1, -0.05) is 0 Å². The molecule has 2 N–H and O–H groups in total. The van der Waals surface area contributed by atoms with Gasteiger partial charge in [0, 0.05) is 13.0 Å². The van der Waals surface area contributed by atoms with Crippen LogP contribution < -0.4 is 5.32 Å². The zero-order valence-electron chi connectivity index (χ0n) is 9.82. The van der Waals surface area contributed by atoms with Gasteiger partial charge in [0.1, 0.15) is 0 Å². The number of carbonyl (C=O) groups is 2. The SMILES string of the molecule is CC1(C(=O)NC2(C(=O)O)CCOC2)CCCS1. The molecule has 2 aliphatic rings. The summed E-state index contributed by atoms with van der Waals surface area (Å²) in [5.74, 6) is -0.219. The van der Waals surface area contributed by atoms with Crippen molar-refractivity contribution in [2.75, 3.05) is 19.0 Å². The summed E-state index contributed by atoms with van der Waals surface area (Å²) in [7, 11) is 0. The summed E-state index contributed by atoms with van der Waals surface area (Å²) in [5, 5.41) is 11.9. The Hall–Kier alpha value is -0.750. The van der Waals surface area contributed by atoms with Crippen LogP contribution in [0.25, 0.3) is 0 Å². The van der Waals surface area contributed by atoms with Crippen molar-refractivity contribution in [1.82, 2.24) is 5.32 Å². The lowest BCUT2D eigenvalue weighted by Crippen LogP contribution is -2.59. The molecule has 0 radical (unpaired) electrons. The number of carboxylic acid groups (broad SMARTS) is 1. The van der Waals surface area contributed by atoms with Crippen molar-refractivity contribution < 1.29 is 19.4 Å².